The molecule has 0 aromatic heterocycles. The Hall–Kier alpha value is -1.56. The second kappa shape index (κ2) is 7.28. The van der Waals surface area contributed by atoms with Gasteiger partial charge < -0.3 is 15.5 Å². The minimum atomic E-state index is -1.36. The van der Waals surface area contributed by atoms with Gasteiger partial charge in [0.25, 0.3) is 0 Å². The van der Waals surface area contributed by atoms with Crippen LogP contribution < -0.4 is 5.32 Å². The highest BCUT2D eigenvalue weighted by atomic mass is 35.5. The van der Waals surface area contributed by atoms with Crippen LogP contribution in [-0.2, 0) is 9.59 Å². The lowest BCUT2D eigenvalue weighted by molar-refractivity contribution is -0.144. The molecule has 0 saturated carbocycles. The van der Waals surface area contributed by atoms with Crippen molar-refractivity contribution < 1.29 is 19.8 Å². The average Bonchev–Trinajstić information content (AvgIpc) is 2.36. The summed E-state index contributed by atoms with van der Waals surface area (Å²) in [7, 11) is 0. The van der Waals surface area contributed by atoms with Crippen molar-refractivity contribution in [2.75, 3.05) is 0 Å². The topological polar surface area (TPSA) is 86.6 Å². The first-order chi connectivity index (χ1) is 9.31. The number of hydrogen-bond acceptors (Lipinski definition) is 3. The van der Waals surface area contributed by atoms with E-state index in [4.69, 9.17) is 28.3 Å². The molecule has 108 valence electrons. The monoisotopic (exact) mass is 317 g/mol. The van der Waals surface area contributed by atoms with E-state index >= 15 is 0 Å². The Morgan fingerprint density at radius 2 is 1.95 bits per heavy atom. The van der Waals surface area contributed by atoms with E-state index in [1.165, 1.54) is 13.0 Å². The van der Waals surface area contributed by atoms with Crippen molar-refractivity contribution in [2.24, 2.45) is 0 Å². The van der Waals surface area contributed by atoms with Crippen molar-refractivity contribution in [2.45, 2.75) is 19.1 Å². The molecule has 3 N–H and O–H groups in total. The quantitative estimate of drug-likeness (QED) is 0.724. The highest BCUT2D eigenvalue weighted by Crippen LogP contribution is 2.23. The molecule has 0 bridgehead atoms. The molecule has 0 fully saturated rings. The molecule has 0 radical (unpaired) electrons. The maximum Gasteiger partial charge on any atom is 0.328 e. The predicted molar refractivity (Wildman–Crippen MR) is 76.7 cm³/mol. The maximum atomic E-state index is 11.6. The number of halogens is 2. The van der Waals surface area contributed by atoms with Gasteiger partial charge in [0.2, 0.25) is 5.91 Å². The summed E-state index contributed by atoms with van der Waals surface area (Å²) in [4.78, 5) is 22.4. The first-order valence-corrected chi connectivity index (χ1v) is 6.41. The van der Waals surface area contributed by atoms with Crippen LogP contribution in [0.2, 0.25) is 10.0 Å². The molecule has 5 nitrogen and oxygen atoms in total. The zero-order valence-electron chi connectivity index (χ0n) is 10.5. The van der Waals surface area contributed by atoms with Crippen LogP contribution in [0.25, 0.3) is 6.08 Å². The summed E-state index contributed by atoms with van der Waals surface area (Å²) < 4.78 is 0. The summed E-state index contributed by atoms with van der Waals surface area (Å²) in [6, 6.07) is 3.44. The molecule has 0 aliphatic rings. The van der Waals surface area contributed by atoms with Crippen LogP contribution in [0.5, 0.6) is 0 Å². The van der Waals surface area contributed by atoms with Gasteiger partial charge >= 0.3 is 5.97 Å². The van der Waals surface area contributed by atoms with Gasteiger partial charge in [-0.05, 0) is 30.7 Å². The number of carboxylic acid groups (broad SMARTS) is 1. The van der Waals surface area contributed by atoms with Crippen molar-refractivity contribution in [3.63, 3.8) is 0 Å². The number of rotatable bonds is 5. The summed E-state index contributed by atoms with van der Waals surface area (Å²) in [6.07, 6.45) is 1.41. The van der Waals surface area contributed by atoms with Crippen LogP contribution in [0.4, 0.5) is 0 Å². The van der Waals surface area contributed by atoms with E-state index in [0.29, 0.717) is 15.6 Å². The molecule has 0 aliphatic heterocycles. The number of aliphatic hydroxyl groups excluding tert-OH is 1. The first kappa shape index (κ1) is 16.5. The molecular weight excluding hydrogens is 305 g/mol. The fraction of sp³-hybridized carbons (Fsp3) is 0.231. The van der Waals surface area contributed by atoms with E-state index < -0.39 is 24.0 Å². The molecule has 0 heterocycles. The van der Waals surface area contributed by atoms with Gasteiger partial charge in [-0.1, -0.05) is 29.3 Å². The number of carbonyl (C=O) groups is 2. The number of aliphatic carboxylic acids is 1. The molecular formula is C13H13Cl2NO4. The number of benzene rings is 1. The number of aliphatic hydroxyl groups is 1. The van der Waals surface area contributed by atoms with Gasteiger partial charge in [0.15, 0.2) is 6.04 Å². The fourth-order valence-corrected chi connectivity index (χ4v) is 1.68. The molecule has 0 saturated heterocycles. The van der Waals surface area contributed by atoms with Crippen molar-refractivity contribution in [1.29, 1.82) is 0 Å². The lowest BCUT2D eigenvalue weighted by Gasteiger charge is -2.15. The standard InChI is InChI=1S/C13H13Cl2NO4/c1-7(17)12(13(19)20)16-11(18)5-3-8-2-4-9(14)10(15)6-8/h2-7,12,17H,1H3,(H,16,18)(H,19,20)/b5-3+/t7-,12+/m1/s1. The third-order valence-corrected chi connectivity index (χ3v) is 3.16. The maximum absolute atomic E-state index is 11.6. The second-order valence-electron chi connectivity index (χ2n) is 4.07. The molecule has 0 spiro atoms. The van der Waals surface area contributed by atoms with E-state index in [2.05, 4.69) is 5.32 Å². The minimum Gasteiger partial charge on any atom is -0.480 e. The lowest BCUT2D eigenvalue weighted by atomic mass is 10.1. The predicted octanol–water partition coefficient (Wildman–Crippen LogP) is 1.96. The highest BCUT2D eigenvalue weighted by molar-refractivity contribution is 6.42. The Kier molecular flexibility index (Phi) is 6.01. The van der Waals surface area contributed by atoms with Crippen LogP contribution in [0.15, 0.2) is 24.3 Å². The summed E-state index contributed by atoms with van der Waals surface area (Å²) in [5.74, 6) is -1.94. The van der Waals surface area contributed by atoms with Gasteiger partial charge in [0.1, 0.15) is 0 Å². The summed E-state index contributed by atoms with van der Waals surface area (Å²) in [5, 5.41) is 21.0. The Bertz CT molecular complexity index is 543. The van der Waals surface area contributed by atoms with E-state index in [0.717, 1.165) is 6.08 Å². The summed E-state index contributed by atoms with van der Waals surface area (Å²) >= 11 is 11.6. The molecule has 1 rings (SSSR count). The van der Waals surface area contributed by atoms with Gasteiger partial charge in [-0.2, -0.15) is 0 Å². The van der Waals surface area contributed by atoms with Crippen LogP contribution in [0, 0.1) is 0 Å². The van der Waals surface area contributed by atoms with Crippen LogP contribution in [-0.4, -0.2) is 34.2 Å². The van der Waals surface area contributed by atoms with E-state index in [1.54, 1.807) is 18.2 Å². The molecule has 1 aromatic carbocycles. The van der Waals surface area contributed by atoms with Crippen molar-refractivity contribution in [3.8, 4) is 0 Å². The number of nitrogens with one attached hydrogen (secondary N) is 1. The average molecular weight is 318 g/mol. The molecule has 2 atom stereocenters. The molecule has 20 heavy (non-hydrogen) atoms. The fourth-order valence-electron chi connectivity index (χ4n) is 1.38. The van der Waals surface area contributed by atoms with Gasteiger partial charge in [0.05, 0.1) is 16.1 Å². The third kappa shape index (κ3) is 4.85. The van der Waals surface area contributed by atoms with Gasteiger partial charge in [-0.25, -0.2) is 4.79 Å². The number of hydrogen-bond donors (Lipinski definition) is 3. The molecule has 1 aromatic rings. The number of carboxylic acids is 1. The summed E-state index contributed by atoms with van der Waals surface area (Å²) in [5.41, 5.74) is 0.637. The van der Waals surface area contributed by atoms with Gasteiger partial charge in [-0.15, -0.1) is 0 Å². The third-order valence-electron chi connectivity index (χ3n) is 2.42. The second-order valence-corrected chi connectivity index (χ2v) is 4.89. The molecule has 0 unspecified atom stereocenters. The van der Waals surface area contributed by atoms with Crippen LogP contribution >= 0.6 is 23.2 Å². The normalized spacial score (nSPS) is 14.0. The zero-order chi connectivity index (χ0) is 15.3. The van der Waals surface area contributed by atoms with Crippen LogP contribution in [0.1, 0.15) is 12.5 Å². The highest BCUT2D eigenvalue weighted by Gasteiger charge is 2.23. The number of amides is 1. The van der Waals surface area contributed by atoms with E-state index in [1.807, 2.05) is 0 Å². The Morgan fingerprint density at radius 1 is 1.30 bits per heavy atom. The molecule has 7 heteroatoms. The Morgan fingerprint density at radius 3 is 2.45 bits per heavy atom. The largest absolute Gasteiger partial charge is 0.480 e. The van der Waals surface area contributed by atoms with Crippen molar-refractivity contribution >= 4 is 41.2 Å². The Labute approximate surface area is 125 Å². The lowest BCUT2D eigenvalue weighted by Crippen LogP contribution is -2.47. The Balaban J connectivity index is 2.72. The first-order valence-electron chi connectivity index (χ1n) is 5.65. The summed E-state index contributed by atoms with van der Waals surface area (Å²) in [6.45, 7) is 1.28. The molecule has 0 aliphatic carbocycles. The number of carbonyl (C=O) groups excluding carboxylic acids is 1. The van der Waals surface area contributed by atoms with Crippen LogP contribution in [0.3, 0.4) is 0 Å². The minimum absolute atomic E-state index is 0.349. The van der Waals surface area contributed by atoms with Gasteiger partial charge in [0, 0.05) is 6.08 Å². The smallest absolute Gasteiger partial charge is 0.328 e. The molecule has 1 amide bonds. The van der Waals surface area contributed by atoms with E-state index in [9.17, 15) is 14.7 Å². The zero-order valence-corrected chi connectivity index (χ0v) is 12.0. The van der Waals surface area contributed by atoms with Crippen molar-refractivity contribution in [1.82, 2.24) is 5.32 Å². The SMILES string of the molecule is C[C@@H](O)[C@H](NC(=O)/C=C/c1ccc(Cl)c(Cl)c1)C(=O)O. The van der Waals surface area contributed by atoms with E-state index in [-0.39, 0.29) is 0 Å². The van der Waals surface area contributed by atoms with Gasteiger partial charge in [-0.3, -0.25) is 4.79 Å². The van der Waals surface area contributed by atoms with Crippen molar-refractivity contribution in [3.05, 3.63) is 39.9 Å².